The number of ether oxygens (including phenoxy) is 1. The molecule has 0 aliphatic rings. The van der Waals surface area contributed by atoms with Crippen LogP contribution in [0.3, 0.4) is 0 Å². The first-order chi connectivity index (χ1) is 10.6. The molecule has 0 saturated carbocycles. The molecule has 0 aliphatic heterocycles. The van der Waals surface area contributed by atoms with E-state index in [0.717, 1.165) is 11.3 Å². The van der Waals surface area contributed by atoms with Crippen LogP contribution >= 0.6 is 0 Å². The normalized spacial score (nSPS) is 10.5. The minimum absolute atomic E-state index is 0.0585. The quantitative estimate of drug-likeness (QED) is 0.821. The number of carbonyl (C=O) groups is 1. The lowest BCUT2D eigenvalue weighted by molar-refractivity contribution is 0.0946. The standard InChI is InChI=1S/C19H23NO2/c1-14(2)16-8-10-17(11-9-16)22-13-12-20-19(21)18-7-5-4-6-15(18)3/h4-11,14H,12-13H2,1-3H3,(H,20,21). The van der Waals surface area contributed by atoms with Crippen molar-refractivity contribution in [3.8, 4) is 5.75 Å². The van der Waals surface area contributed by atoms with E-state index in [2.05, 4.69) is 31.3 Å². The Bertz CT molecular complexity index is 618. The largest absolute Gasteiger partial charge is 0.492 e. The lowest BCUT2D eigenvalue weighted by atomic mass is 10.0. The summed E-state index contributed by atoms with van der Waals surface area (Å²) in [5, 5.41) is 2.88. The second-order valence-corrected chi connectivity index (χ2v) is 5.64. The van der Waals surface area contributed by atoms with E-state index in [-0.39, 0.29) is 5.91 Å². The van der Waals surface area contributed by atoms with Crippen LogP contribution in [0.25, 0.3) is 0 Å². The molecule has 0 saturated heterocycles. The van der Waals surface area contributed by atoms with Crippen molar-refractivity contribution in [2.24, 2.45) is 0 Å². The number of carbonyl (C=O) groups excluding carboxylic acids is 1. The molecular formula is C19H23NO2. The molecule has 3 nitrogen and oxygen atoms in total. The van der Waals surface area contributed by atoms with Crippen LogP contribution in [-0.2, 0) is 0 Å². The lowest BCUT2D eigenvalue weighted by Crippen LogP contribution is -2.28. The maximum absolute atomic E-state index is 12.0. The second kappa shape index (κ2) is 7.64. The highest BCUT2D eigenvalue weighted by Gasteiger charge is 2.07. The molecule has 2 rings (SSSR count). The van der Waals surface area contributed by atoms with Crippen molar-refractivity contribution < 1.29 is 9.53 Å². The van der Waals surface area contributed by atoms with E-state index < -0.39 is 0 Å². The Kier molecular flexibility index (Phi) is 5.59. The van der Waals surface area contributed by atoms with E-state index in [1.165, 1.54) is 5.56 Å². The fourth-order valence-electron chi connectivity index (χ4n) is 2.21. The van der Waals surface area contributed by atoms with Gasteiger partial charge in [0.15, 0.2) is 0 Å². The third kappa shape index (κ3) is 4.35. The van der Waals surface area contributed by atoms with Crippen LogP contribution in [0.15, 0.2) is 48.5 Å². The molecule has 0 heterocycles. The van der Waals surface area contributed by atoms with Crippen LogP contribution in [0, 0.1) is 6.92 Å². The van der Waals surface area contributed by atoms with Gasteiger partial charge >= 0.3 is 0 Å². The Morgan fingerprint density at radius 1 is 1.09 bits per heavy atom. The summed E-state index contributed by atoms with van der Waals surface area (Å²) in [6.45, 7) is 7.20. The minimum atomic E-state index is -0.0585. The predicted octanol–water partition coefficient (Wildman–Crippen LogP) is 3.93. The zero-order valence-electron chi connectivity index (χ0n) is 13.4. The van der Waals surface area contributed by atoms with Gasteiger partial charge in [-0.3, -0.25) is 4.79 Å². The van der Waals surface area contributed by atoms with E-state index in [4.69, 9.17) is 4.74 Å². The number of hydrogen-bond donors (Lipinski definition) is 1. The van der Waals surface area contributed by atoms with Gasteiger partial charge in [-0.05, 0) is 42.2 Å². The molecule has 22 heavy (non-hydrogen) atoms. The first kappa shape index (κ1) is 16.1. The van der Waals surface area contributed by atoms with Crippen molar-refractivity contribution in [1.82, 2.24) is 5.32 Å². The third-order valence-electron chi connectivity index (χ3n) is 3.59. The monoisotopic (exact) mass is 297 g/mol. The molecule has 116 valence electrons. The van der Waals surface area contributed by atoms with Crippen molar-refractivity contribution in [2.45, 2.75) is 26.7 Å². The number of aryl methyl sites for hydroxylation is 1. The zero-order valence-corrected chi connectivity index (χ0v) is 13.4. The van der Waals surface area contributed by atoms with Gasteiger partial charge in [-0.25, -0.2) is 0 Å². The van der Waals surface area contributed by atoms with Crippen molar-refractivity contribution in [1.29, 1.82) is 0 Å². The predicted molar refractivity (Wildman–Crippen MR) is 89.5 cm³/mol. The van der Waals surface area contributed by atoms with Crippen molar-refractivity contribution in [3.05, 3.63) is 65.2 Å². The van der Waals surface area contributed by atoms with Crippen LogP contribution in [-0.4, -0.2) is 19.1 Å². The highest BCUT2D eigenvalue weighted by atomic mass is 16.5. The highest BCUT2D eigenvalue weighted by molar-refractivity contribution is 5.95. The van der Waals surface area contributed by atoms with Crippen LogP contribution in [0.5, 0.6) is 5.75 Å². The number of benzene rings is 2. The van der Waals surface area contributed by atoms with Gasteiger partial charge in [0.25, 0.3) is 5.91 Å². The minimum Gasteiger partial charge on any atom is -0.492 e. The molecule has 1 N–H and O–H groups in total. The average molecular weight is 297 g/mol. The van der Waals surface area contributed by atoms with Gasteiger partial charge in [0.1, 0.15) is 12.4 Å². The van der Waals surface area contributed by atoms with Gasteiger partial charge in [0.2, 0.25) is 0 Å². The van der Waals surface area contributed by atoms with Gasteiger partial charge in [-0.2, -0.15) is 0 Å². The van der Waals surface area contributed by atoms with Gasteiger partial charge in [-0.15, -0.1) is 0 Å². The van der Waals surface area contributed by atoms with Gasteiger partial charge in [0.05, 0.1) is 6.54 Å². The molecular weight excluding hydrogens is 274 g/mol. The number of hydrogen-bond acceptors (Lipinski definition) is 2. The Morgan fingerprint density at radius 3 is 2.41 bits per heavy atom. The van der Waals surface area contributed by atoms with Crippen LogP contribution in [0.2, 0.25) is 0 Å². The summed E-state index contributed by atoms with van der Waals surface area (Å²) in [7, 11) is 0. The van der Waals surface area contributed by atoms with E-state index in [1.54, 1.807) is 0 Å². The fourth-order valence-corrected chi connectivity index (χ4v) is 2.21. The fraction of sp³-hybridized carbons (Fsp3) is 0.316. The molecule has 1 amide bonds. The Labute approximate surface area is 132 Å². The molecule has 0 unspecified atom stereocenters. The maximum atomic E-state index is 12.0. The van der Waals surface area contributed by atoms with Crippen molar-refractivity contribution in [3.63, 3.8) is 0 Å². The number of rotatable bonds is 6. The molecule has 3 heteroatoms. The van der Waals surface area contributed by atoms with Gasteiger partial charge in [-0.1, -0.05) is 44.2 Å². The van der Waals surface area contributed by atoms with E-state index in [9.17, 15) is 4.79 Å². The lowest BCUT2D eigenvalue weighted by Gasteiger charge is -2.10. The summed E-state index contributed by atoms with van der Waals surface area (Å²) >= 11 is 0. The summed E-state index contributed by atoms with van der Waals surface area (Å²) < 4.78 is 5.64. The highest BCUT2D eigenvalue weighted by Crippen LogP contribution is 2.18. The Balaban J connectivity index is 1.77. The topological polar surface area (TPSA) is 38.3 Å². The zero-order chi connectivity index (χ0) is 15.9. The van der Waals surface area contributed by atoms with Gasteiger partial charge in [0, 0.05) is 5.56 Å². The summed E-state index contributed by atoms with van der Waals surface area (Å²) in [6, 6.07) is 15.7. The molecule has 2 aromatic carbocycles. The summed E-state index contributed by atoms with van der Waals surface area (Å²) in [5.74, 6) is 1.29. The van der Waals surface area contributed by atoms with E-state index >= 15 is 0 Å². The first-order valence-corrected chi connectivity index (χ1v) is 7.64. The molecule has 0 spiro atoms. The molecule has 0 radical (unpaired) electrons. The van der Waals surface area contributed by atoms with Crippen molar-refractivity contribution >= 4 is 5.91 Å². The molecule has 0 aromatic heterocycles. The molecule has 0 bridgehead atoms. The average Bonchev–Trinajstić information content (AvgIpc) is 2.52. The molecule has 0 atom stereocenters. The maximum Gasteiger partial charge on any atom is 0.251 e. The van der Waals surface area contributed by atoms with Crippen molar-refractivity contribution in [2.75, 3.05) is 13.2 Å². The third-order valence-corrected chi connectivity index (χ3v) is 3.59. The van der Waals surface area contributed by atoms with Gasteiger partial charge < -0.3 is 10.1 Å². The molecule has 0 aliphatic carbocycles. The SMILES string of the molecule is Cc1ccccc1C(=O)NCCOc1ccc(C(C)C)cc1. The Morgan fingerprint density at radius 2 is 1.77 bits per heavy atom. The molecule has 2 aromatic rings. The first-order valence-electron chi connectivity index (χ1n) is 7.64. The summed E-state index contributed by atoms with van der Waals surface area (Å²) in [4.78, 5) is 12.0. The molecule has 0 fully saturated rings. The van der Waals surface area contributed by atoms with Crippen LogP contribution in [0.4, 0.5) is 0 Å². The van der Waals surface area contributed by atoms with E-state index in [1.807, 2.05) is 43.3 Å². The van der Waals surface area contributed by atoms with Crippen LogP contribution < -0.4 is 10.1 Å². The second-order valence-electron chi connectivity index (χ2n) is 5.64. The number of amides is 1. The van der Waals surface area contributed by atoms with E-state index in [0.29, 0.717) is 24.6 Å². The summed E-state index contributed by atoms with van der Waals surface area (Å²) in [6.07, 6.45) is 0. The number of nitrogens with one attached hydrogen (secondary N) is 1. The summed E-state index contributed by atoms with van der Waals surface area (Å²) in [5.41, 5.74) is 2.98. The van der Waals surface area contributed by atoms with Crippen LogP contribution in [0.1, 0.15) is 41.3 Å². The smallest absolute Gasteiger partial charge is 0.251 e. The Hall–Kier alpha value is -2.29.